The van der Waals surface area contributed by atoms with Crippen molar-refractivity contribution < 1.29 is 14.3 Å². The van der Waals surface area contributed by atoms with E-state index in [1.165, 1.54) is 5.56 Å². The number of rotatable bonds is 11. The molecule has 0 radical (unpaired) electrons. The van der Waals surface area contributed by atoms with Crippen LogP contribution in [0.3, 0.4) is 0 Å². The van der Waals surface area contributed by atoms with Crippen LogP contribution in [0.4, 0.5) is 0 Å². The molecule has 2 N–H and O–H groups in total. The summed E-state index contributed by atoms with van der Waals surface area (Å²) in [4.78, 5) is 18.2. The van der Waals surface area contributed by atoms with Crippen molar-refractivity contribution in [3.8, 4) is 5.75 Å². The van der Waals surface area contributed by atoms with Crippen molar-refractivity contribution in [2.45, 2.75) is 19.9 Å². The molecule has 2 aromatic carbocycles. The molecule has 0 saturated carbocycles. The summed E-state index contributed by atoms with van der Waals surface area (Å²) >= 11 is 0. The monoisotopic (exact) mass is 426 g/mol. The predicted octanol–water partition coefficient (Wildman–Crippen LogP) is 2.39. The molecule has 0 aromatic heterocycles. The number of hydrogen-bond donors (Lipinski definition) is 2. The van der Waals surface area contributed by atoms with Gasteiger partial charge in [0.25, 0.3) is 0 Å². The van der Waals surface area contributed by atoms with E-state index in [1.807, 2.05) is 43.3 Å². The number of aryl methyl sites for hydroxylation is 1. The first-order valence-electron chi connectivity index (χ1n) is 10.5. The Morgan fingerprint density at radius 2 is 1.84 bits per heavy atom. The van der Waals surface area contributed by atoms with E-state index in [4.69, 9.17) is 9.47 Å². The molecule has 2 rings (SSSR count). The molecule has 0 aliphatic rings. The number of ether oxygens (including phenoxy) is 2. The molecule has 0 unspecified atom stereocenters. The summed E-state index contributed by atoms with van der Waals surface area (Å²) in [6.45, 7) is 4.35. The molecule has 0 spiro atoms. The van der Waals surface area contributed by atoms with Gasteiger partial charge in [0.1, 0.15) is 12.4 Å². The SMILES string of the molecule is COCCOc1cc(C)ccc1CN=C(NCCc1ccccc1)NCC(=O)N(C)C. The summed E-state index contributed by atoms with van der Waals surface area (Å²) < 4.78 is 10.9. The van der Waals surface area contributed by atoms with Crippen molar-refractivity contribution in [1.82, 2.24) is 15.5 Å². The van der Waals surface area contributed by atoms with Gasteiger partial charge in [0.15, 0.2) is 5.96 Å². The third-order valence-electron chi connectivity index (χ3n) is 4.63. The number of nitrogens with one attached hydrogen (secondary N) is 2. The topological polar surface area (TPSA) is 75.2 Å². The second kappa shape index (κ2) is 13.3. The number of amides is 1. The van der Waals surface area contributed by atoms with Crippen LogP contribution in [-0.4, -0.2) is 64.3 Å². The van der Waals surface area contributed by atoms with Gasteiger partial charge in [0, 0.05) is 33.3 Å². The average molecular weight is 427 g/mol. The lowest BCUT2D eigenvalue weighted by atomic mass is 10.1. The molecule has 2 aromatic rings. The van der Waals surface area contributed by atoms with Crippen molar-refractivity contribution in [2.75, 3.05) is 47.5 Å². The fraction of sp³-hybridized carbons (Fsp3) is 0.417. The first-order valence-corrected chi connectivity index (χ1v) is 10.5. The molecule has 0 atom stereocenters. The summed E-state index contributed by atoms with van der Waals surface area (Å²) in [7, 11) is 5.12. The van der Waals surface area contributed by atoms with E-state index < -0.39 is 0 Å². The van der Waals surface area contributed by atoms with Crippen molar-refractivity contribution >= 4 is 11.9 Å². The summed E-state index contributed by atoms with van der Waals surface area (Å²) in [6, 6.07) is 16.3. The number of benzene rings is 2. The zero-order chi connectivity index (χ0) is 22.5. The third-order valence-corrected chi connectivity index (χ3v) is 4.63. The minimum atomic E-state index is -0.0171. The Hall–Kier alpha value is -3.06. The smallest absolute Gasteiger partial charge is 0.241 e. The van der Waals surface area contributed by atoms with E-state index in [0.29, 0.717) is 32.3 Å². The maximum absolute atomic E-state index is 12.0. The van der Waals surface area contributed by atoms with Crippen LogP contribution in [0.5, 0.6) is 5.75 Å². The molecule has 0 fully saturated rings. The van der Waals surface area contributed by atoms with Crippen LogP contribution in [0, 0.1) is 6.92 Å². The van der Waals surface area contributed by atoms with E-state index >= 15 is 0 Å². The van der Waals surface area contributed by atoms with Crippen LogP contribution in [0.25, 0.3) is 0 Å². The molecule has 0 saturated heterocycles. The van der Waals surface area contributed by atoms with Crippen LogP contribution in [0.15, 0.2) is 53.5 Å². The molecule has 7 heteroatoms. The normalized spacial score (nSPS) is 11.2. The minimum absolute atomic E-state index is 0.0171. The quantitative estimate of drug-likeness (QED) is 0.328. The Bertz CT molecular complexity index is 838. The Balaban J connectivity index is 2.06. The van der Waals surface area contributed by atoms with Gasteiger partial charge in [-0.3, -0.25) is 4.79 Å². The fourth-order valence-electron chi connectivity index (χ4n) is 2.79. The van der Waals surface area contributed by atoms with Crippen LogP contribution >= 0.6 is 0 Å². The molecule has 31 heavy (non-hydrogen) atoms. The van der Waals surface area contributed by atoms with Crippen molar-refractivity contribution in [3.05, 3.63) is 65.2 Å². The van der Waals surface area contributed by atoms with Gasteiger partial charge >= 0.3 is 0 Å². The lowest BCUT2D eigenvalue weighted by Gasteiger charge is -2.16. The van der Waals surface area contributed by atoms with Gasteiger partial charge in [-0.05, 0) is 30.5 Å². The van der Waals surface area contributed by atoms with Gasteiger partial charge in [-0.2, -0.15) is 0 Å². The van der Waals surface area contributed by atoms with Crippen molar-refractivity contribution in [1.29, 1.82) is 0 Å². The van der Waals surface area contributed by atoms with E-state index in [1.54, 1.807) is 26.1 Å². The van der Waals surface area contributed by atoms with Gasteiger partial charge in [-0.25, -0.2) is 4.99 Å². The largest absolute Gasteiger partial charge is 0.491 e. The standard InChI is InChI=1S/C24H34N4O3/c1-19-10-11-21(22(16-19)31-15-14-30-4)17-26-24(27-18-23(29)28(2)3)25-13-12-20-8-6-5-7-9-20/h5-11,16H,12-15,17-18H2,1-4H3,(H2,25,26,27). The number of aliphatic imine (C=N–C) groups is 1. The number of carbonyl (C=O) groups excluding carboxylic acids is 1. The summed E-state index contributed by atoms with van der Waals surface area (Å²) in [5.74, 6) is 1.37. The zero-order valence-electron chi connectivity index (χ0n) is 19.0. The van der Waals surface area contributed by atoms with Crippen molar-refractivity contribution in [3.63, 3.8) is 0 Å². The highest BCUT2D eigenvalue weighted by Crippen LogP contribution is 2.21. The highest BCUT2D eigenvalue weighted by atomic mass is 16.5. The Morgan fingerprint density at radius 1 is 1.06 bits per heavy atom. The number of likely N-dealkylation sites (N-methyl/N-ethyl adjacent to an activating group) is 1. The third kappa shape index (κ3) is 9.09. The molecular formula is C24H34N4O3. The molecule has 0 bridgehead atoms. The maximum atomic E-state index is 12.0. The Morgan fingerprint density at radius 3 is 2.55 bits per heavy atom. The van der Waals surface area contributed by atoms with Crippen molar-refractivity contribution in [2.24, 2.45) is 4.99 Å². The van der Waals surface area contributed by atoms with E-state index in [9.17, 15) is 4.79 Å². The van der Waals surface area contributed by atoms with E-state index in [-0.39, 0.29) is 12.5 Å². The first kappa shape index (κ1) is 24.2. The number of methoxy groups -OCH3 is 1. The molecule has 168 valence electrons. The number of hydrogen-bond acceptors (Lipinski definition) is 4. The fourth-order valence-corrected chi connectivity index (χ4v) is 2.79. The molecule has 0 aliphatic carbocycles. The number of carbonyl (C=O) groups is 1. The van der Waals surface area contributed by atoms with Crippen LogP contribution in [0.2, 0.25) is 0 Å². The molecule has 0 heterocycles. The summed E-state index contributed by atoms with van der Waals surface area (Å²) in [5, 5.41) is 6.45. The second-order valence-electron chi connectivity index (χ2n) is 7.42. The Kier molecular flexibility index (Phi) is 10.4. The maximum Gasteiger partial charge on any atom is 0.241 e. The molecule has 7 nitrogen and oxygen atoms in total. The first-order chi connectivity index (χ1) is 15.0. The molecule has 1 amide bonds. The van der Waals surface area contributed by atoms with Gasteiger partial charge in [0.05, 0.1) is 19.7 Å². The molecule has 0 aliphatic heterocycles. The van der Waals surface area contributed by atoms with Crippen LogP contribution < -0.4 is 15.4 Å². The Labute approximate surface area is 185 Å². The summed E-state index contributed by atoms with van der Waals surface area (Å²) in [5.41, 5.74) is 3.34. The van der Waals surface area contributed by atoms with Crippen LogP contribution in [0.1, 0.15) is 16.7 Å². The predicted molar refractivity (Wildman–Crippen MR) is 125 cm³/mol. The second-order valence-corrected chi connectivity index (χ2v) is 7.42. The van der Waals surface area contributed by atoms with Gasteiger partial charge in [0.2, 0.25) is 5.91 Å². The molecular weight excluding hydrogens is 392 g/mol. The zero-order valence-corrected chi connectivity index (χ0v) is 19.0. The van der Waals surface area contributed by atoms with E-state index in [0.717, 1.165) is 23.3 Å². The highest BCUT2D eigenvalue weighted by Gasteiger charge is 2.08. The minimum Gasteiger partial charge on any atom is -0.491 e. The van der Waals surface area contributed by atoms with Gasteiger partial charge in [-0.15, -0.1) is 0 Å². The van der Waals surface area contributed by atoms with E-state index in [2.05, 4.69) is 27.8 Å². The van der Waals surface area contributed by atoms with Crippen LogP contribution in [-0.2, 0) is 22.5 Å². The number of nitrogens with zero attached hydrogens (tertiary/aromatic N) is 2. The van der Waals surface area contributed by atoms with Gasteiger partial charge < -0.3 is 25.0 Å². The lowest BCUT2D eigenvalue weighted by Crippen LogP contribution is -2.43. The summed E-state index contributed by atoms with van der Waals surface area (Å²) in [6.07, 6.45) is 0.860. The number of guanidine groups is 1. The lowest BCUT2D eigenvalue weighted by molar-refractivity contribution is -0.127. The average Bonchev–Trinajstić information content (AvgIpc) is 2.76. The van der Waals surface area contributed by atoms with Gasteiger partial charge in [-0.1, -0.05) is 42.5 Å². The highest BCUT2D eigenvalue weighted by molar-refractivity contribution is 5.86.